The lowest BCUT2D eigenvalue weighted by molar-refractivity contribution is -0.109. The van der Waals surface area contributed by atoms with Gasteiger partial charge in [0.05, 0.1) is 21.6 Å². The van der Waals surface area contributed by atoms with Crippen molar-refractivity contribution in [3.8, 4) is 22.4 Å². The minimum Gasteiger partial charge on any atom is -0.378 e. The molecule has 1 atom stereocenters. The third-order valence-electron chi connectivity index (χ3n) is 6.33. The van der Waals surface area contributed by atoms with Gasteiger partial charge in [-0.05, 0) is 41.6 Å². The molecule has 6 rings (SSSR count). The molecule has 3 heterocycles. The zero-order chi connectivity index (χ0) is 24.3. The van der Waals surface area contributed by atoms with Crippen molar-refractivity contribution >= 4 is 33.9 Å². The Kier molecular flexibility index (Phi) is 6.11. The molecule has 6 heteroatoms. The first-order chi connectivity index (χ1) is 17.8. The lowest BCUT2D eigenvalue weighted by Crippen LogP contribution is -2.21. The first kappa shape index (κ1) is 22.3. The van der Waals surface area contributed by atoms with Gasteiger partial charge in [0, 0.05) is 29.8 Å². The second-order valence-corrected chi connectivity index (χ2v) is 9.83. The lowest BCUT2D eigenvalue weighted by atomic mass is 9.93. The van der Waals surface area contributed by atoms with Crippen LogP contribution in [-0.2, 0) is 17.9 Å². The van der Waals surface area contributed by atoms with E-state index in [1.165, 1.54) is 10.3 Å². The monoisotopic (exact) mass is 488 g/mol. The van der Waals surface area contributed by atoms with Gasteiger partial charge < -0.3 is 15.4 Å². The van der Waals surface area contributed by atoms with Crippen LogP contribution in [0, 0.1) is 0 Å². The van der Waals surface area contributed by atoms with Gasteiger partial charge in [-0.2, -0.15) is 0 Å². The number of pyridine rings is 1. The molecule has 5 aromatic rings. The highest BCUT2D eigenvalue weighted by molar-refractivity contribution is 7.18. The summed E-state index contributed by atoms with van der Waals surface area (Å²) >= 11 is 1.73. The number of carbonyl (C=O) groups is 1. The van der Waals surface area contributed by atoms with Crippen molar-refractivity contribution in [2.24, 2.45) is 0 Å². The third kappa shape index (κ3) is 4.44. The van der Waals surface area contributed by atoms with Crippen LogP contribution < -0.4 is 10.6 Å². The summed E-state index contributed by atoms with van der Waals surface area (Å²) in [6, 6.07) is 28.7. The summed E-state index contributed by atoms with van der Waals surface area (Å²) in [5.74, 6) is 0. The molecule has 5 nitrogen and oxygen atoms in total. The van der Waals surface area contributed by atoms with Crippen molar-refractivity contribution in [3.05, 3.63) is 113 Å². The van der Waals surface area contributed by atoms with E-state index in [0.717, 1.165) is 63.5 Å². The Morgan fingerprint density at radius 1 is 0.889 bits per heavy atom. The molecule has 0 amide bonds. The van der Waals surface area contributed by atoms with Gasteiger partial charge in [-0.3, -0.25) is 0 Å². The molecule has 2 aromatic heterocycles. The maximum absolute atomic E-state index is 11.7. The normalized spacial score (nSPS) is 14.4. The van der Waals surface area contributed by atoms with Gasteiger partial charge in [0.2, 0.25) is 0 Å². The Balaban J connectivity index is 1.25. The van der Waals surface area contributed by atoms with Gasteiger partial charge in [0.25, 0.3) is 0 Å². The third-order valence-corrected chi connectivity index (χ3v) is 7.36. The maximum atomic E-state index is 11.7. The second kappa shape index (κ2) is 9.85. The smallest absolute Gasteiger partial charge is 0.146 e. The molecule has 176 valence electrons. The number of nitrogens with one attached hydrogen (secondary N) is 2. The van der Waals surface area contributed by atoms with Crippen LogP contribution in [0.15, 0.2) is 91.1 Å². The van der Waals surface area contributed by atoms with Crippen LogP contribution in [0.1, 0.15) is 27.9 Å². The predicted octanol–water partition coefficient (Wildman–Crippen LogP) is 6.13. The van der Waals surface area contributed by atoms with Crippen molar-refractivity contribution < 1.29 is 4.79 Å². The van der Waals surface area contributed by atoms with Crippen LogP contribution in [0.3, 0.4) is 0 Å². The average Bonchev–Trinajstić information content (AvgIpc) is 3.36. The molecule has 0 aliphatic carbocycles. The summed E-state index contributed by atoms with van der Waals surface area (Å²) in [7, 11) is 0. The molecule has 1 aliphatic heterocycles. The average molecular weight is 489 g/mol. The molecule has 0 fully saturated rings. The second-order valence-electron chi connectivity index (χ2n) is 8.71. The Bertz CT molecular complexity index is 1520. The molecule has 1 unspecified atom stereocenters. The fourth-order valence-electron chi connectivity index (χ4n) is 4.51. The van der Waals surface area contributed by atoms with E-state index < -0.39 is 6.04 Å². The number of thiazole rings is 1. The zero-order valence-corrected chi connectivity index (χ0v) is 20.3. The highest BCUT2D eigenvalue weighted by Crippen LogP contribution is 2.35. The maximum Gasteiger partial charge on any atom is 0.146 e. The number of rotatable bonds is 7. The summed E-state index contributed by atoms with van der Waals surface area (Å²) in [5.41, 5.74) is 8.01. The van der Waals surface area contributed by atoms with Crippen molar-refractivity contribution in [2.75, 3.05) is 0 Å². The van der Waals surface area contributed by atoms with E-state index in [9.17, 15) is 4.79 Å². The molecule has 0 saturated carbocycles. The molecule has 0 saturated heterocycles. The van der Waals surface area contributed by atoms with Crippen LogP contribution >= 0.6 is 11.3 Å². The van der Waals surface area contributed by atoms with E-state index in [2.05, 4.69) is 65.2 Å². The van der Waals surface area contributed by atoms with Gasteiger partial charge in [-0.25, -0.2) is 9.97 Å². The zero-order valence-electron chi connectivity index (χ0n) is 19.5. The summed E-state index contributed by atoms with van der Waals surface area (Å²) in [5, 5.41) is 7.71. The Hall–Kier alpha value is -4.13. The molecule has 3 aromatic carbocycles. The largest absolute Gasteiger partial charge is 0.378 e. The van der Waals surface area contributed by atoms with E-state index in [4.69, 9.17) is 9.97 Å². The van der Waals surface area contributed by atoms with E-state index >= 15 is 0 Å². The van der Waals surface area contributed by atoms with Crippen LogP contribution in [0.25, 0.3) is 38.7 Å². The van der Waals surface area contributed by atoms with Gasteiger partial charge in [-0.1, -0.05) is 66.7 Å². The molecule has 0 spiro atoms. The molecular weight excluding hydrogens is 464 g/mol. The number of benzene rings is 3. The molecule has 36 heavy (non-hydrogen) atoms. The van der Waals surface area contributed by atoms with Crippen molar-refractivity contribution in [2.45, 2.75) is 19.1 Å². The topological polar surface area (TPSA) is 66.9 Å². The van der Waals surface area contributed by atoms with Crippen molar-refractivity contribution in [1.82, 2.24) is 20.6 Å². The van der Waals surface area contributed by atoms with Crippen LogP contribution in [0.2, 0.25) is 0 Å². The van der Waals surface area contributed by atoms with Gasteiger partial charge in [0.1, 0.15) is 17.3 Å². The van der Waals surface area contributed by atoms with Crippen molar-refractivity contribution in [3.63, 3.8) is 0 Å². The summed E-state index contributed by atoms with van der Waals surface area (Å²) in [4.78, 5) is 21.4. The summed E-state index contributed by atoms with van der Waals surface area (Å²) in [6.45, 7) is 1.50. The first-order valence-electron chi connectivity index (χ1n) is 11.9. The SMILES string of the molecule is O=CC1NC=Cc2nc(-c3ccc(CNCc4nc5ccccc5s4)cc3)c(-c3ccccc3)cc21. The number of nitrogens with zero attached hydrogens (tertiary/aromatic N) is 2. The van der Waals surface area contributed by atoms with E-state index in [1.807, 2.05) is 36.4 Å². The molecular formula is C30H24N4OS. The Morgan fingerprint density at radius 3 is 2.50 bits per heavy atom. The minimum atomic E-state index is -0.391. The number of hydrogen-bond acceptors (Lipinski definition) is 6. The van der Waals surface area contributed by atoms with E-state index in [-0.39, 0.29) is 0 Å². The highest BCUT2D eigenvalue weighted by atomic mass is 32.1. The molecule has 0 radical (unpaired) electrons. The van der Waals surface area contributed by atoms with E-state index in [1.54, 1.807) is 17.5 Å². The van der Waals surface area contributed by atoms with Gasteiger partial charge in [-0.15, -0.1) is 11.3 Å². The Morgan fingerprint density at radius 2 is 1.69 bits per heavy atom. The molecule has 1 aliphatic rings. The number of carbonyl (C=O) groups excluding carboxylic acids is 1. The lowest BCUT2D eigenvalue weighted by Gasteiger charge is -2.21. The predicted molar refractivity (Wildman–Crippen MR) is 146 cm³/mol. The number of para-hydroxylation sites is 1. The standard InChI is InChI=1S/C30H24N4OS/c35-19-27-24-16-23(21-6-2-1-3-7-21)30(34-25(24)14-15-32-27)22-12-10-20(11-13-22)17-31-18-29-33-26-8-4-5-9-28(26)36-29/h1-16,19,27,31-32H,17-18H2. The van der Waals surface area contributed by atoms with Gasteiger partial charge >= 0.3 is 0 Å². The summed E-state index contributed by atoms with van der Waals surface area (Å²) in [6.07, 6.45) is 4.64. The first-order valence-corrected chi connectivity index (χ1v) is 12.7. The van der Waals surface area contributed by atoms with E-state index in [0.29, 0.717) is 0 Å². The minimum absolute atomic E-state index is 0.391. The highest BCUT2D eigenvalue weighted by Gasteiger charge is 2.21. The van der Waals surface area contributed by atoms with Crippen LogP contribution in [-0.4, -0.2) is 16.3 Å². The summed E-state index contributed by atoms with van der Waals surface area (Å²) < 4.78 is 1.22. The van der Waals surface area contributed by atoms with Crippen LogP contribution in [0.5, 0.6) is 0 Å². The number of hydrogen-bond donors (Lipinski definition) is 2. The molecule has 0 bridgehead atoms. The van der Waals surface area contributed by atoms with Crippen molar-refractivity contribution in [1.29, 1.82) is 0 Å². The fraction of sp³-hybridized carbons (Fsp3) is 0.100. The molecule has 2 N–H and O–H groups in total. The van der Waals surface area contributed by atoms with Gasteiger partial charge in [0.15, 0.2) is 0 Å². The Labute approximate surface area is 213 Å². The number of aldehydes is 1. The number of fused-ring (bicyclic) bond motifs is 2. The quantitative estimate of drug-likeness (QED) is 0.270. The van der Waals surface area contributed by atoms with Crippen LogP contribution in [0.4, 0.5) is 0 Å². The number of aromatic nitrogens is 2. The fourth-order valence-corrected chi connectivity index (χ4v) is 5.44.